The van der Waals surface area contributed by atoms with Crippen LogP contribution < -0.4 is 0 Å². The monoisotopic (exact) mass is 326 g/mol. The van der Waals surface area contributed by atoms with Crippen molar-refractivity contribution in [1.82, 2.24) is 0 Å². The van der Waals surface area contributed by atoms with Gasteiger partial charge in [-0.2, -0.15) is 0 Å². The van der Waals surface area contributed by atoms with Gasteiger partial charge in [-0.05, 0) is 54.8 Å². The molecule has 6 saturated carbocycles. The van der Waals surface area contributed by atoms with Crippen LogP contribution in [0.4, 0.5) is 0 Å². The molecule has 6 aliphatic rings. The highest BCUT2D eigenvalue weighted by atomic mass is 35.6. The summed E-state index contributed by atoms with van der Waals surface area (Å²) in [5.41, 5.74) is -0.268. The van der Waals surface area contributed by atoms with E-state index < -0.39 is 3.79 Å². The van der Waals surface area contributed by atoms with Crippen molar-refractivity contribution in [3.8, 4) is 0 Å². The molecule has 0 amide bonds. The first-order valence-electron chi connectivity index (χ1n) is 6.93. The van der Waals surface area contributed by atoms with Gasteiger partial charge in [-0.15, -0.1) is 11.6 Å². The molecule has 0 spiro atoms. The zero-order valence-electron chi connectivity index (χ0n) is 10.6. The van der Waals surface area contributed by atoms with Gasteiger partial charge in [-0.25, -0.2) is 0 Å². The van der Waals surface area contributed by atoms with Crippen LogP contribution in [0.5, 0.6) is 0 Å². The molecule has 102 valence electrons. The minimum absolute atomic E-state index is 0.0730. The molecule has 6 aliphatic carbocycles. The predicted octanol–water partition coefficient (Wildman–Crippen LogP) is 5.43. The van der Waals surface area contributed by atoms with E-state index in [9.17, 15) is 0 Å². The fraction of sp³-hybridized carbons (Fsp3) is 1.00. The zero-order valence-corrected chi connectivity index (χ0v) is 13.7. The fourth-order valence-electron chi connectivity index (χ4n) is 6.85. The summed E-state index contributed by atoms with van der Waals surface area (Å²) in [5.74, 6) is 2.45. The van der Waals surface area contributed by atoms with Gasteiger partial charge >= 0.3 is 0 Å². The Balaban J connectivity index is 1.94. The Bertz CT molecular complexity index is 426. The van der Waals surface area contributed by atoms with Gasteiger partial charge in [-0.1, -0.05) is 48.7 Å². The lowest BCUT2D eigenvalue weighted by atomic mass is 9.23. The highest BCUT2D eigenvalue weighted by molar-refractivity contribution is 6.68. The zero-order chi connectivity index (χ0) is 13.1. The van der Waals surface area contributed by atoms with Crippen molar-refractivity contribution in [3.05, 3.63) is 0 Å². The molecule has 0 N–H and O–H groups in total. The molecule has 2 unspecified atom stereocenters. The SMILES string of the molecule is CC1(C)C2(Cl)[C@H]3C[C@@H]4C[C@H](C3)C1(C(Cl)(Cl)Cl)[C@H]2C4. The highest BCUT2D eigenvalue weighted by Crippen LogP contribution is 2.89. The molecule has 0 saturated heterocycles. The van der Waals surface area contributed by atoms with Crippen LogP contribution in [0.3, 0.4) is 0 Å². The Morgan fingerprint density at radius 2 is 1.56 bits per heavy atom. The molecule has 6 atom stereocenters. The van der Waals surface area contributed by atoms with E-state index in [1.165, 1.54) is 25.7 Å². The number of rotatable bonds is 0. The smallest absolute Gasteiger partial charge is 0.118 e. The van der Waals surface area contributed by atoms with Crippen LogP contribution in [-0.4, -0.2) is 8.67 Å². The maximum atomic E-state index is 7.10. The lowest BCUT2D eigenvalue weighted by Crippen LogP contribution is -2.86. The van der Waals surface area contributed by atoms with Crippen molar-refractivity contribution in [3.63, 3.8) is 0 Å². The first kappa shape index (κ1) is 12.9. The van der Waals surface area contributed by atoms with Crippen LogP contribution in [0, 0.1) is 34.5 Å². The van der Waals surface area contributed by atoms with E-state index in [0.717, 1.165) is 5.92 Å². The number of hydrogen-bond acceptors (Lipinski definition) is 0. The highest BCUT2D eigenvalue weighted by Gasteiger charge is 2.88. The number of hydrogen-bond donors (Lipinski definition) is 0. The summed E-state index contributed by atoms with van der Waals surface area (Å²) in [5, 5.41) is 0. The lowest BCUT2D eigenvalue weighted by Gasteiger charge is -2.85. The topological polar surface area (TPSA) is 0 Å². The second kappa shape index (κ2) is 3.16. The van der Waals surface area contributed by atoms with E-state index in [4.69, 9.17) is 46.4 Å². The summed E-state index contributed by atoms with van der Waals surface area (Å²) in [4.78, 5) is -0.121. The molecule has 4 heteroatoms. The molecule has 18 heavy (non-hydrogen) atoms. The van der Waals surface area contributed by atoms with Gasteiger partial charge in [0, 0.05) is 5.41 Å². The van der Waals surface area contributed by atoms with Crippen LogP contribution in [0.1, 0.15) is 39.5 Å². The number of alkyl halides is 4. The van der Waals surface area contributed by atoms with Crippen LogP contribution in [0.25, 0.3) is 0 Å². The van der Waals surface area contributed by atoms with Crippen molar-refractivity contribution < 1.29 is 0 Å². The van der Waals surface area contributed by atoms with Gasteiger partial charge in [0.2, 0.25) is 0 Å². The average Bonchev–Trinajstić information content (AvgIpc) is 2.22. The third kappa shape index (κ3) is 0.965. The molecule has 0 aromatic carbocycles. The average molecular weight is 328 g/mol. The van der Waals surface area contributed by atoms with E-state index in [2.05, 4.69) is 13.8 Å². The minimum atomic E-state index is -1.18. The molecule has 6 rings (SSSR count). The van der Waals surface area contributed by atoms with Gasteiger partial charge in [0.15, 0.2) is 3.79 Å². The Labute approximate surface area is 129 Å². The minimum Gasteiger partial charge on any atom is -0.118 e. The van der Waals surface area contributed by atoms with Gasteiger partial charge in [0.05, 0.1) is 4.87 Å². The summed E-state index contributed by atoms with van der Waals surface area (Å²) in [6, 6.07) is 0. The number of halogens is 4. The third-order valence-corrected chi connectivity index (χ3v) is 9.11. The Kier molecular flexibility index (Phi) is 2.26. The molecule has 0 heterocycles. The third-order valence-electron chi connectivity index (χ3n) is 7.13. The first-order chi connectivity index (χ1) is 8.17. The quantitative estimate of drug-likeness (QED) is 0.521. The summed E-state index contributed by atoms with van der Waals surface area (Å²) in [6.45, 7) is 4.48. The molecule has 6 bridgehead atoms. The van der Waals surface area contributed by atoms with Crippen LogP contribution >= 0.6 is 46.4 Å². The fourth-order valence-corrected chi connectivity index (χ4v) is 9.01. The van der Waals surface area contributed by atoms with Gasteiger partial charge in [0.25, 0.3) is 0 Å². The molecule has 0 aliphatic heterocycles. The second-order valence-corrected chi connectivity index (χ2v) is 10.4. The largest absolute Gasteiger partial charge is 0.197 e. The molecule has 0 aromatic rings. The first-order valence-corrected chi connectivity index (χ1v) is 8.44. The van der Waals surface area contributed by atoms with Crippen molar-refractivity contribution in [2.45, 2.75) is 48.2 Å². The molecular weight excluding hydrogens is 310 g/mol. The van der Waals surface area contributed by atoms with Crippen LogP contribution in [0.15, 0.2) is 0 Å². The Morgan fingerprint density at radius 1 is 0.944 bits per heavy atom. The molecule has 0 nitrogen and oxygen atoms in total. The van der Waals surface area contributed by atoms with Crippen molar-refractivity contribution in [2.24, 2.45) is 34.5 Å². The standard InChI is InChI=1S/C14H18Cl4/c1-11(2)12(14(16,17)18)8-3-7-4-9(6-8)13(11,15)10(12)5-7/h7-10H,3-6H2,1-2H3/t7-,8+,9-,10+,12?,13?/m0/s1. The summed E-state index contributed by atoms with van der Waals surface area (Å²) in [7, 11) is 0. The molecule has 6 fully saturated rings. The van der Waals surface area contributed by atoms with Gasteiger partial charge < -0.3 is 0 Å². The van der Waals surface area contributed by atoms with E-state index in [1.807, 2.05) is 0 Å². The molecule has 0 radical (unpaired) electrons. The summed E-state index contributed by atoms with van der Waals surface area (Å²) >= 11 is 26.5. The molecule has 0 aromatic heterocycles. The second-order valence-electron chi connectivity index (χ2n) is 7.52. The molecular formula is C14H18Cl4. The van der Waals surface area contributed by atoms with Crippen LogP contribution in [-0.2, 0) is 0 Å². The Morgan fingerprint density at radius 3 is 2.17 bits per heavy atom. The van der Waals surface area contributed by atoms with E-state index in [0.29, 0.717) is 17.8 Å². The van der Waals surface area contributed by atoms with Crippen LogP contribution in [0.2, 0.25) is 0 Å². The van der Waals surface area contributed by atoms with Gasteiger partial charge in [0.1, 0.15) is 0 Å². The van der Waals surface area contributed by atoms with E-state index >= 15 is 0 Å². The van der Waals surface area contributed by atoms with Crippen molar-refractivity contribution >= 4 is 46.4 Å². The Hall–Kier alpha value is 1.16. The normalized spacial score (nSPS) is 59.7. The maximum absolute atomic E-state index is 7.10. The van der Waals surface area contributed by atoms with Crippen molar-refractivity contribution in [2.75, 3.05) is 0 Å². The summed E-state index contributed by atoms with van der Waals surface area (Å²) < 4.78 is -1.18. The van der Waals surface area contributed by atoms with E-state index in [1.54, 1.807) is 0 Å². The maximum Gasteiger partial charge on any atom is 0.197 e. The summed E-state index contributed by atoms with van der Waals surface area (Å²) in [6.07, 6.45) is 4.90. The van der Waals surface area contributed by atoms with Crippen molar-refractivity contribution in [1.29, 1.82) is 0 Å². The van der Waals surface area contributed by atoms with Gasteiger partial charge in [-0.3, -0.25) is 0 Å². The predicted molar refractivity (Wildman–Crippen MR) is 77.5 cm³/mol. The lowest BCUT2D eigenvalue weighted by molar-refractivity contribution is -0.312. The van der Waals surface area contributed by atoms with E-state index in [-0.39, 0.29) is 15.7 Å².